The molecule has 0 aromatic heterocycles. The van der Waals surface area contributed by atoms with Gasteiger partial charge in [0.2, 0.25) is 0 Å². The van der Waals surface area contributed by atoms with Gasteiger partial charge in [0.25, 0.3) is 0 Å². The highest BCUT2D eigenvalue weighted by Gasteiger charge is 2.33. The summed E-state index contributed by atoms with van der Waals surface area (Å²) in [5, 5.41) is 0. The third-order valence-corrected chi connectivity index (χ3v) is 4.46. The molecule has 0 fully saturated rings. The highest BCUT2D eigenvalue weighted by atomic mass is 16.5. The van der Waals surface area contributed by atoms with E-state index in [4.69, 9.17) is 10.5 Å². The van der Waals surface area contributed by atoms with E-state index < -0.39 is 0 Å². The van der Waals surface area contributed by atoms with Gasteiger partial charge >= 0.3 is 5.97 Å². The van der Waals surface area contributed by atoms with E-state index in [0.29, 0.717) is 11.3 Å². The van der Waals surface area contributed by atoms with Crippen LogP contribution in [0.1, 0.15) is 34.0 Å². The molecule has 2 aromatic rings. The van der Waals surface area contributed by atoms with Crippen LogP contribution in [0.4, 0.5) is 5.69 Å². The molecule has 0 spiro atoms. The maximum atomic E-state index is 12.5. The van der Waals surface area contributed by atoms with Crippen molar-refractivity contribution in [1.29, 1.82) is 0 Å². The number of likely N-dealkylation sites (N-methyl/N-ethyl adjacent to an activating group) is 1. The van der Waals surface area contributed by atoms with Crippen molar-refractivity contribution >= 4 is 11.7 Å². The van der Waals surface area contributed by atoms with Crippen molar-refractivity contribution in [3.05, 3.63) is 65.2 Å². The molecule has 4 nitrogen and oxygen atoms in total. The van der Waals surface area contributed by atoms with Crippen molar-refractivity contribution in [2.24, 2.45) is 0 Å². The smallest absolute Gasteiger partial charge is 0.338 e. The van der Waals surface area contributed by atoms with Gasteiger partial charge < -0.3 is 15.4 Å². The largest absolute Gasteiger partial charge is 0.452 e. The summed E-state index contributed by atoms with van der Waals surface area (Å²) in [6.45, 7) is 0. The molecule has 0 radical (unpaired) electrons. The second-order valence-electron chi connectivity index (χ2n) is 6.22. The van der Waals surface area contributed by atoms with Crippen LogP contribution in [0.25, 0.3) is 0 Å². The van der Waals surface area contributed by atoms with E-state index in [1.165, 1.54) is 5.56 Å². The van der Waals surface area contributed by atoms with Crippen molar-refractivity contribution < 1.29 is 9.53 Å². The molecule has 120 valence electrons. The summed E-state index contributed by atoms with van der Waals surface area (Å²) >= 11 is 0. The quantitative estimate of drug-likeness (QED) is 0.699. The Balaban J connectivity index is 1.88. The van der Waals surface area contributed by atoms with Gasteiger partial charge in [-0.15, -0.1) is 0 Å². The lowest BCUT2D eigenvalue weighted by Gasteiger charge is -2.37. The van der Waals surface area contributed by atoms with E-state index in [-0.39, 0.29) is 18.1 Å². The predicted octanol–water partition coefficient (Wildman–Crippen LogP) is 3.04. The predicted molar refractivity (Wildman–Crippen MR) is 91.2 cm³/mol. The highest BCUT2D eigenvalue weighted by molar-refractivity contribution is 5.90. The topological polar surface area (TPSA) is 55.6 Å². The first-order chi connectivity index (χ1) is 11.1. The highest BCUT2D eigenvalue weighted by Crippen LogP contribution is 2.35. The molecule has 2 N–H and O–H groups in total. The minimum Gasteiger partial charge on any atom is -0.452 e. The van der Waals surface area contributed by atoms with Gasteiger partial charge in [-0.2, -0.15) is 0 Å². The molecule has 0 amide bonds. The van der Waals surface area contributed by atoms with Crippen LogP contribution in [-0.4, -0.2) is 31.0 Å². The minimum atomic E-state index is -0.307. The SMILES string of the molecule is CN(C)[C@H]1CCc2ccccc2[C@@H]1OC(=O)c1ccc(N)cc1. The molecular formula is C19H22N2O2. The van der Waals surface area contributed by atoms with Gasteiger partial charge in [-0.05, 0) is 62.3 Å². The van der Waals surface area contributed by atoms with Crippen molar-refractivity contribution in [3.63, 3.8) is 0 Å². The van der Waals surface area contributed by atoms with Crippen molar-refractivity contribution in [3.8, 4) is 0 Å². The summed E-state index contributed by atoms with van der Waals surface area (Å²) in [6, 6.07) is 15.2. The van der Waals surface area contributed by atoms with Gasteiger partial charge in [0.05, 0.1) is 11.6 Å². The maximum Gasteiger partial charge on any atom is 0.338 e. The normalized spacial score (nSPS) is 20.1. The zero-order chi connectivity index (χ0) is 16.4. The fraction of sp³-hybridized carbons (Fsp3) is 0.316. The minimum absolute atomic E-state index is 0.183. The number of carbonyl (C=O) groups is 1. The summed E-state index contributed by atoms with van der Waals surface area (Å²) in [5.74, 6) is -0.307. The van der Waals surface area contributed by atoms with Gasteiger partial charge in [-0.25, -0.2) is 4.79 Å². The first-order valence-electron chi connectivity index (χ1n) is 7.87. The van der Waals surface area contributed by atoms with Crippen molar-refractivity contribution in [1.82, 2.24) is 4.90 Å². The number of rotatable bonds is 3. The van der Waals surface area contributed by atoms with Crippen LogP contribution >= 0.6 is 0 Å². The van der Waals surface area contributed by atoms with Gasteiger partial charge in [0.1, 0.15) is 6.10 Å². The van der Waals surface area contributed by atoms with Crippen LogP contribution in [0.2, 0.25) is 0 Å². The van der Waals surface area contributed by atoms with E-state index in [1.807, 2.05) is 26.2 Å². The Bertz CT molecular complexity index is 695. The lowest BCUT2D eigenvalue weighted by molar-refractivity contribution is 0.000623. The molecule has 0 bridgehead atoms. The average Bonchev–Trinajstić information content (AvgIpc) is 2.55. The van der Waals surface area contributed by atoms with Crippen LogP contribution in [0, 0.1) is 0 Å². The lowest BCUT2D eigenvalue weighted by atomic mass is 9.85. The van der Waals surface area contributed by atoms with Gasteiger partial charge in [-0.1, -0.05) is 24.3 Å². The number of nitrogen functional groups attached to an aromatic ring is 1. The van der Waals surface area contributed by atoms with Crippen molar-refractivity contribution in [2.75, 3.05) is 19.8 Å². The average molecular weight is 310 g/mol. The van der Waals surface area contributed by atoms with E-state index in [9.17, 15) is 4.79 Å². The Hall–Kier alpha value is -2.33. The molecule has 0 heterocycles. The summed E-state index contributed by atoms with van der Waals surface area (Å²) in [6.07, 6.45) is 1.73. The second kappa shape index (κ2) is 6.42. The maximum absolute atomic E-state index is 12.5. The number of carbonyl (C=O) groups excluding carboxylic acids is 1. The number of benzene rings is 2. The van der Waals surface area contributed by atoms with Crippen LogP contribution in [0.5, 0.6) is 0 Å². The second-order valence-corrected chi connectivity index (χ2v) is 6.22. The lowest BCUT2D eigenvalue weighted by Crippen LogP contribution is -2.39. The third kappa shape index (κ3) is 3.22. The Morgan fingerprint density at radius 1 is 1.13 bits per heavy atom. The molecule has 0 aliphatic heterocycles. The molecule has 0 saturated carbocycles. The number of fused-ring (bicyclic) bond motifs is 1. The molecule has 2 atom stereocenters. The fourth-order valence-corrected chi connectivity index (χ4v) is 3.18. The van der Waals surface area contributed by atoms with E-state index in [2.05, 4.69) is 17.0 Å². The molecular weight excluding hydrogens is 288 g/mol. The van der Waals surface area contributed by atoms with Crippen LogP contribution in [-0.2, 0) is 11.2 Å². The zero-order valence-corrected chi connectivity index (χ0v) is 13.5. The summed E-state index contributed by atoms with van der Waals surface area (Å²) < 4.78 is 5.90. The summed E-state index contributed by atoms with van der Waals surface area (Å²) in [4.78, 5) is 14.7. The molecule has 1 aliphatic rings. The van der Waals surface area contributed by atoms with E-state index in [0.717, 1.165) is 18.4 Å². The van der Waals surface area contributed by atoms with Gasteiger partial charge in [0, 0.05) is 5.69 Å². The Kier molecular flexibility index (Phi) is 4.35. The first kappa shape index (κ1) is 15.6. The summed E-state index contributed by atoms with van der Waals surface area (Å²) in [5.41, 5.74) is 9.22. The summed E-state index contributed by atoms with van der Waals surface area (Å²) in [7, 11) is 4.06. The Morgan fingerprint density at radius 2 is 1.83 bits per heavy atom. The van der Waals surface area contributed by atoms with Crippen LogP contribution in [0.15, 0.2) is 48.5 Å². The number of nitrogens with two attached hydrogens (primary N) is 1. The Labute approximate surface area is 136 Å². The van der Waals surface area contributed by atoms with Crippen molar-refractivity contribution in [2.45, 2.75) is 25.0 Å². The number of aryl methyl sites for hydroxylation is 1. The molecule has 1 aliphatic carbocycles. The monoisotopic (exact) mass is 310 g/mol. The number of esters is 1. The zero-order valence-electron chi connectivity index (χ0n) is 13.5. The molecule has 2 aromatic carbocycles. The molecule has 4 heteroatoms. The van der Waals surface area contributed by atoms with Crippen LogP contribution < -0.4 is 5.73 Å². The van der Waals surface area contributed by atoms with Gasteiger partial charge in [-0.3, -0.25) is 0 Å². The van der Waals surface area contributed by atoms with Gasteiger partial charge in [0.15, 0.2) is 0 Å². The molecule has 0 saturated heterocycles. The molecule has 0 unspecified atom stereocenters. The third-order valence-electron chi connectivity index (χ3n) is 4.46. The number of hydrogen-bond acceptors (Lipinski definition) is 4. The molecule has 3 rings (SSSR count). The van der Waals surface area contributed by atoms with E-state index >= 15 is 0 Å². The fourth-order valence-electron chi connectivity index (χ4n) is 3.18. The Morgan fingerprint density at radius 3 is 2.52 bits per heavy atom. The first-order valence-corrected chi connectivity index (χ1v) is 7.87. The van der Waals surface area contributed by atoms with E-state index in [1.54, 1.807) is 24.3 Å². The number of nitrogens with zero attached hydrogens (tertiary/aromatic N) is 1. The number of anilines is 1. The standard InChI is InChI=1S/C19H22N2O2/c1-21(2)17-12-9-13-5-3-4-6-16(13)18(17)23-19(22)14-7-10-15(20)11-8-14/h3-8,10-11,17-18H,9,12,20H2,1-2H3/t17-,18-/m0/s1. The number of hydrogen-bond donors (Lipinski definition) is 1. The number of ether oxygens (including phenoxy) is 1. The molecule has 23 heavy (non-hydrogen) atoms. The van der Waals surface area contributed by atoms with Crippen LogP contribution in [0.3, 0.4) is 0 Å².